The molecule has 0 spiro atoms. The van der Waals surface area contributed by atoms with Crippen LogP contribution >= 0.6 is 23.2 Å². The van der Waals surface area contributed by atoms with E-state index in [9.17, 15) is 15.0 Å². The minimum Gasteiger partial charge on any atom is -0.507 e. The third kappa shape index (κ3) is 11.8. The number of halogens is 2. The summed E-state index contributed by atoms with van der Waals surface area (Å²) in [4.78, 5) is 94.1. The number of aliphatic hydroxyl groups excluding tert-OH is 2. The first kappa shape index (κ1) is 75.0. The standard InChI is InChI=1S/C38H49N3O7Si.C38H47N3O6Si.CCl2O/c1-22-16-17-26(40(5)6)24-18-37(21-42)19-25-30(41(7)8)32-28(35(39-47-32)46-20-23-14-12-11-13-15-23)33(44)38(25,48-49(9,10)36(2,3)4)34(45)29(37)31(43)27(22)24;1-22-16-17-26(40(5)6)24-18-36-19-25-29(41(7)8)30-28(33(39-46-30)45-20-23-14-12-11-13-15-23)32(43)38(25,47-48(9,10)35(2,3)4)34(44)37(36,21-36)31(42)27(22)24;2-1(3)4/h11-17,25,30,42-43H,18-21H2,1-10H3;11-17,25,29H,18-21H2,1-10H3;/t25-,30-,37-,38+;25-,29-,36-,37+,38+;/m00./s1. The number of benzene rings is 4. The second-order valence-corrected chi connectivity index (χ2v) is 43.0. The summed E-state index contributed by atoms with van der Waals surface area (Å²) >= 11 is 8.80. The highest BCUT2D eigenvalue weighted by Gasteiger charge is 2.87. The van der Waals surface area contributed by atoms with Crippen molar-refractivity contribution in [2.24, 2.45) is 28.1 Å². The topological polar surface area (TPSA) is 245 Å². The summed E-state index contributed by atoms with van der Waals surface area (Å²) in [5.74, 6) is -3.09. The molecule has 0 amide bonds. The van der Waals surface area contributed by atoms with Crippen molar-refractivity contribution in [3.63, 3.8) is 0 Å². The van der Waals surface area contributed by atoms with Crippen LogP contribution in [0.1, 0.15) is 154 Å². The number of aliphatic hydroxyl groups is 2. The summed E-state index contributed by atoms with van der Waals surface area (Å²) < 4.78 is 37.9. The maximum Gasteiger partial charge on any atom is 0.313 e. The lowest BCUT2D eigenvalue weighted by atomic mass is 9.51. The van der Waals surface area contributed by atoms with Gasteiger partial charge in [-0.1, -0.05) is 114 Å². The van der Waals surface area contributed by atoms with E-state index in [1.807, 2.05) is 182 Å². The largest absolute Gasteiger partial charge is 0.507 e. The van der Waals surface area contributed by atoms with Crippen molar-refractivity contribution in [2.45, 2.75) is 160 Å². The normalized spacial score (nSPS) is 26.3. The molecule has 3 saturated carbocycles. The molecule has 0 saturated heterocycles. The number of aryl methyl sites for hydroxylation is 2. The average Bonchev–Trinajstić information content (AvgIpc) is 1.47. The number of carbonyl (C=O) groups is 6. The van der Waals surface area contributed by atoms with Gasteiger partial charge in [0.05, 0.1) is 18.7 Å². The zero-order valence-corrected chi connectivity index (χ0v) is 65.3. The number of ketones is 5. The zero-order valence-electron chi connectivity index (χ0n) is 61.8. The molecule has 0 radical (unpaired) electrons. The van der Waals surface area contributed by atoms with E-state index in [-0.39, 0.29) is 75.5 Å². The van der Waals surface area contributed by atoms with Crippen molar-refractivity contribution in [3.8, 4) is 11.8 Å². The Labute approximate surface area is 604 Å². The van der Waals surface area contributed by atoms with Crippen LogP contribution in [0.2, 0.25) is 36.3 Å². The Morgan fingerprint density at radius 1 is 0.584 bits per heavy atom. The highest BCUT2D eigenvalue weighted by atomic mass is 35.5. The first-order valence-electron chi connectivity index (χ1n) is 34.4. The summed E-state index contributed by atoms with van der Waals surface area (Å²) in [5, 5.41) is 31.5. The fraction of sp³-hybridized carbons (Fsp3) is 0.506. The van der Waals surface area contributed by atoms with Crippen LogP contribution in [0.25, 0.3) is 5.76 Å². The van der Waals surface area contributed by atoms with Gasteiger partial charge in [-0.15, -0.1) is 0 Å². The van der Waals surface area contributed by atoms with E-state index in [2.05, 4.69) is 94.2 Å². The van der Waals surface area contributed by atoms with Crippen LogP contribution < -0.4 is 19.3 Å². The molecule has 24 heteroatoms. The molecule has 2 heterocycles. The number of aromatic nitrogens is 2. The molecule has 7 aliphatic carbocycles. The Kier molecular flexibility index (Phi) is 19.5. The van der Waals surface area contributed by atoms with Gasteiger partial charge in [0.15, 0.2) is 50.9 Å². The molecule has 20 nitrogen and oxygen atoms in total. The summed E-state index contributed by atoms with van der Waals surface area (Å²) in [6.07, 6.45) is 1.94. The molecular formula is C77H96Cl2N6O14Si2. The summed E-state index contributed by atoms with van der Waals surface area (Å²) in [5.41, 5.74) is 1.54. The number of Topliss-reactive ketones (excluding diaryl/α,β-unsaturated/α-hetero) is 5. The highest BCUT2D eigenvalue weighted by Crippen LogP contribution is 2.79. The third-order valence-corrected chi connectivity index (χ3v) is 32.5. The minimum absolute atomic E-state index is 0.00202. The number of nitrogens with zero attached hydrogens (tertiary/aromatic N) is 6. The Morgan fingerprint density at radius 2 is 1.00 bits per heavy atom. The average molecular weight is 1460 g/mol. The van der Waals surface area contributed by atoms with Crippen LogP contribution in [0.3, 0.4) is 0 Å². The lowest BCUT2D eigenvalue weighted by Crippen LogP contribution is -2.70. The fourth-order valence-electron chi connectivity index (χ4n) is 16.8. The predicted octanol–water partition coefficient (Wildman–Crippen LogP) is 14.5. The molecule has 101 heavy (non-hydrogen) atoms. The van der Waals surface area contributed by atoms with Crippen molar-refractivity contribution in [3.05, 3.63) is 158 Å². The molecule has 3 fully saturated rings. The molecule has 2 N–H and O–H groups in total. The third-order valence-electron chi connectivity index (χ3n) is 23.6. The molecule has 6 aromatic rings. The number of hydrogen-bond acceptors (Lipinski definition) is 20. The van der Waals surface area contributed by atoms with Gasteiger partial charge in [0.1, 0.15) is 35.5 Å². The van der Waals surface area contributed by atoms with Gasteiger partial charge in [0, 0.05) is 73.5 Å². The first-order chi connectivity index (χ1) is 47.1. The molecular weight excluding hydrogens is 1360 g/mol. The van der Waals surface area contributed by atoms with Crippen molar-refractivity contribution in [1.29, 1.82) is 0 Å². The van der Waals surface area contributed by atoms with E-state index in [1.54, 1.807) is 0 Å². The van der Waals surface area contributed by atoms with Gasteiger partial charge in [0.25, 0.3) is 11.8 Å². The van der Waals surface area contributed by atoms with Gasteiger partial charge in [-0.25, -0.2) is 0 Å². The molecule has 0 bridgehead atoms. The second-order valence-electron chi connectivity index (χ2n) is 32.7. The molecule has 540 valence electrons. The quantitative estimate of drug-likeness (QED) is 0.0551. The second kappa shape index (κ2) is 26.2. The van der Waals surface area contributed by atoms with Crippen LogP contribution in [0.4, 0.5) is 16.2 Å². The lowest BCUT2D eigenvalue weighted by molar-refractivity contribution is -0.151. The maximum absolute atomic E-state index is 15.8. The minimum atomic E-state index is -2.89. The van der Waals surface area contributed by atoms with E-state index < -0.39 is 96.7 Å². The van der Waals surface area contributed by atoms with Gasteiger partial charge < -0.3 is 47.4 Å². The van der Waals surface area contributed by atoms with Gasteiger partial charge in [-0.05, 0) is 195 Å². The number of carbonyl (C=O) groups excluding carboxylic acids is 6. The number of hydrogen-bond donors (Lipinski definition) is 2. The zero-order chi connectivity index (χ0) is 74.2. The van der Waals surface area contributed by atoms with Crippen molar-refractivity contribution >= 4 is 90.6 Å². The van der Waals surface area contributed by atoms with Gasteiger partial charge in [-0.3, -0.25) is 38.6 Å². The monoisotopic (exact) mass is 1450 g/mol. The van der Waals surface area contributed by atoms with Gasteiger partial charge >= 0.3 is 4.70 Å². The Bertz CT molecular complexity index is 4360. The molecule has 0 aliphatic heterocycles. The molecule has 9 atom stereocenters. The van der Waals surface area contributed by atoms with Crippen LogP contribution in [0.5, 0.6) is 11.8 Å². The summed E-state index contributed by atoms with van der Waals surface area (Å²) in [6, 6.07) is 25.9. The summed E-state index contributed by atoms with van der Waals surface area (Å²) in [6.45, 7) is 24.4. The fourth-order valence-corrected chi connectivity index (χ4v) is 19.7. The lowest BCUT2D eigenvalue weighted by Gasteiger charge is -2.58. The van der Waals surface area contributed by atoms with Gasteiger partial charge in [-0.2, -0.15) is 0 Å². The van der Waals surface area contributed by atoms with Gasteiger partial charge in [0.2, 0.25) is 17.3 Å². The number of fused-ring (bicyclic) bond motifs is 7. The van der Waals surface area contributed by atoms with E-state index >= 15 is 19.2 Å². The SMILES string of the molecule is Cc1ccc(N(C)C)c2c1C(=O)[C@@]13C[C@]1(C2)C[C@H]1[C@H](N(C)C)c2onc(OCc4ccccc4)c2C(=O)[C@@]1(O[Si](C)(C)C(C)(C)C)C3=O.Cc1ccc(N(C)C)c2c1C(O)=C1C(=O)[C@]3(O[Si](C)(C)C(C)(C)C)C(=O)c4c(OCc5ccccc5)noc4[C@@H](N(C)C)[C@@H]3C[C@]1(CO)C2.O=C(Cl)Cl. The number of anilines is 2. The Balaban J connectivity index is 0.000000193. The van der Waals surface area contributed by atoms with Crippen LogP contribution in [0, 0.1) is 41.9 Å². The smallest absolute Gasteiger partial charge is 0.313 e. The van der Waals surface area contributed by atoms with E-state index in [0.717, 1.165) is 44.8 Å². The Hall–Kier alpha value is -7.13. The first-order valence-corrected chi connectivity index (χ1v) is 40.9. The van der Waals surface area contributed by atoms with Crippen LogP contribution in [0.15, 0.2) is 99.5 Å². The maximum atomic E-state index is 15.8. The number of ether oxygens (including phenoxy) is 2. The number of rotatable bonds is 15. The van der Waals surface area contributed by atoms with Crippen LogP contribution in [-0.4, -0.2) is 155 Å². The molecule has 0 unspecified atom stereocenters. The predicted molar refractivity (Wildman–Crippen MR) is 393 cm³/mol. The molecule has 4 aromatic carbocycles. The Morgan fingerprint density at radius 3 is 1.43 bits per heavy atom. The molecule has 2 aromatic heterocycles. The highest BCUT2D eigenvalue weighted by molar-refractivity contribution is 6.94. The summed E-state index contributed by atoms with van der Waals surface area (Å²) in [7, 11) is 9.72. The van der Waals surface area contributed by atoms with E-state index in [0.29, 0.717) is 48.3 Å². The van der Waals surface area contributed by atoms with Crippen molar-refractivity contribution in [2.75, 3.05) is 72.8 Å². The molecule has 7 aliphatic rings. The van der Waals surface area contributed by atoms with E-state index in [4.69, 9.17) is 32.2 Å². The van der Waals surface area contributed by atoms with Crippen LogP contribution in [-0.2, 0) is 44.5 Å². The van der Waals surface area contributed by atoms with E-state index in [1.165, 1.54) is 0 Å². The van der Waals surface area contributed by atoms with Crippen molar-refractivity contribution in [1.82, 2.24) is 20.1 Å². The van der Waals surface area contributed by atoms with Crippen molar-refractivity contribution < 1.29 is 66.4 Å². The molecule has 13 rings (SSSR count).